The van der Waals surface area contributed by atoms with E-state index in [2.05, 4.69) is 25.7 Å². The van der Waals surface area contributed by atoms with E-state index >= 15 is 0 Å². The van der Waals surface area contributed by atoms with Crippen LogP contribution in [0.4, 0.5) is 0 Å². The molecule has 0 heterocycles. The summed E-state index contributed by atoms with van der Waals surface area (Å²) in [7, 11) is 0. The van der Waals surface area contributed by atoms with E-state index in [1.807, 2.05) is 0 Å². The summed E-state index contributed by atoms with van der Waals surface area (Å²) in [6, 6.07) is 0. The minimum atomic E-state index is -0.314. The Labute approximate surface area is 150 Å². The standard InChI is InChI=1S/C22H40O2/c1-3-5-6-7-8-9-10-11-12-13-14-15-16-17-18-19-20-21-24-22(23)4-2/h4,15-16H,2-3,5-14,17-21H2,1H3/b16-15+. The molecule has 0 bridgehead atoms. The molecule has 0 aliphatic rings. The topological polar surface area (TPSA) is 26.3 Å². The molecule has 2 heteroatoms. The summed E-state index contributed by atoms with van der Waals surface area (Å²) in [5.74, 6) is -0.314. The summed E-state index contributed by atoms with van der Waals surface area (Å²) in [5.41, 5.74) is 0. The monoisotopic (exact) mass is 336 g/mol. The molecule has 0 aromatic heterocycles. The van der Waals surface area contributed by atoms with E-state index < -0.39 is 0 Å². The lowest BCUT2D eigenvalue weighted by Gasteiger charge is -2.01. The third kappa shape index (κ3) is 19.0. The molecule has 0 radical (unpaired) electrons. The van der Waals surface area contributed by atoms with Gasteiger partial charge in [0.25, 0.3) is 0 Å². The molecule has 0 spiro atoms. The number of unbranched alkanes of at least 4 members (excludes halogenated alkanes) is 13. The van der Waals surface area contributed by atoms with Gasteiger partial charge in [-0.25, -0.2) is 4.79 Å². The van der Waals surface area contributed by atoms with Gasteiger partial charge in [0.15, 0.2) is 0 Å². The molecule has 2 nitrogen and oxygen atoms in total. The van der Waals surface area contributed by atoms with E-state index in [0.717, 1.165) is 19.3 Å². The second-order valence-electron chi connectivity index (χ2n) is 6.66. The van der Waals surface area contributed by atoms with E-state index in [1.54, 1.807) is 0 Å². The number of carbonyl (C=O) groups excluding carboxylic acids is 1. The van der Waals surface area contributed by atoms with Crippen LogP contribution in [0.1, 0.15) is 103 Å². The van der Waals surface area contributed by atoms with Gasteiger partial charge in [0, 0.05) is 6.08 Å². The quantitative estimate of drug-likeness (QED) is 0.115. The van der Waals surface area contributed by atoms with Crippen LogP contribution in [0.3, 0.4) is 0 Å². The lowest BCUT2D eigenvalue weighted by Crippen LogP contribution is -2.01. The second-order valence-corrected chi connectivity index (χ2v) is 6.66. The number of esters is 1. The molecule has 0 aliphatic heterocycles. The van der Waals surface area contributed by atoms with E-state index in [4.69, 9.17) is 4.74 Å². The average Bonchev–Trinajstić information content (AvgIpc) is 2.60. The molecular weight excluding hydrogens is 296 g/mol. The zero-order chi connectivity index (χ0) is 17.7. The zero-order valence-electron chi connectivity index (χ0n) is 16.1. The smallest absolute Gasteiger partial charge is 0.330 e. The average molecular weight is 337 g/mol. The maximum atomic E-state index is 10.8. The van der Waals surface area contributed by atoms with Crippen LogP contribution in [0.25, 0.3) is 0 Å². The SMILES string of the molecule is C=CC(=O)OCCCCC/C=C/CCCCCCCCCCCC. The molecule has 0 aromatic carbocycles. The molecule has 0 saturated carbocycles. The van der Waals surface area contributed by atoms with Crippen molar-refractivity contribution in [2.75, 3.05) is 6.61 Å². The Kier molecular flexibility index (Phi) is 19.1. The molecular formula is C22H40O2. The van der Waals surface area contributed by atoms with E-state index in [9.17, 15) is 4.79 Å². The molecule has 0 aliphatic carbocycles. The largest absolute Gasteiger partial charge is 0.463 e. The minimum absolute atomic E-state index is 0.314. The van der Waals surface area contributed by atoms with Gasteiger partial charge >= 0.3 is 5.97 Å². The summed E-state index contributed by atoms with van der Waals surface area (Å²) >= 11 is 0. The Hall–Kier alpha value is -1.05. The summed E-state index contributed by atoms with van der Waals surface area (Å²) in [6.07, 6.45) is 25.5. The fraction of sp³-hybridized carbons (Fsp3) is 0.773. The lowest BCUT2D eigenvalue weighted by atomic mass is 10.1. The molecule has 140 valence electrons. The fourth-order valence-corrected chi connectivity index (χ4v) is 2.76. The molecule has 0 unspecified atom stereocenters. The van der Waals surface area contributed by atoms with Gasteiger partial charge in [-0.05, 0) is 38.5 Å². The van der Waals surface area contributed by atoms with Crippen molar-refractivity contribution in [2.45, 2.75) is 103 Å². The van der Waals surface area contributed by atoms with Crippen molar-refractivity contribution in [1.82, 2.24) is 0 Å². The highest BCUT2D eigenvalue weighted by Gasteiger charge is 1.94. The van der Waals surface area contributed by atoms with Crippen molar-refractivity contribution < 1.29 is 9.53 Å². The number of allylic oxidation sites excluding steroid dienone is 2. The predicted octanol–water partition coefficient (Wildman–Crippen LogP) is 7.14. The summed E-state index contributed by atoms with van der Waals surface area (Å²) < 4.78 is 4.94. The number of carbonyl (C=O) groups is 1. The molecule has 0 rings (SSSR count). The van der Waals surface area contributed by atoms with Gasteiger partial charge in [0.05, 0.1) is 6.61 Å². The Morgan fingerprint density at radius 2 is 1.21 bits per heavy atom. The first-order chi connectivity index (χ1) is 11.8. The van der Waals surface area contributed by atoms with Crippen molar-refractivity contribution in [3.05, 3.63) is 24.8 Å². The Balaban J connectivity index is 3.11. The van der Waals surface area contributed by atoms with Crippen molar-refractivity contribution in [1.29, 1.82) is 0 Å². The number of rotatable bonds is 18. The molecule has 0 amide bonds. The van der Waals surface area contributed by atoms with Crippen molar-refractivity contribution >= 4 is 5.97 Å². The van der Waals surface area contributed by atoms with Crippen LogP contribution in [0.2, 0.25) is 0 Å². The highest BCUT2D eigenvalue weighted by atomic mass is 16.5. The van der Waals surface area contributed by atoms with Crippen molar-refractivity contribution in [3.8, 4) is 0 Å². The first-order valence-electron chi connectivity index (χ1n) is 10.3. The number of hydrogen-bond acceptors (Lipinski definition) is 2. The molecule has 0 atom stereocenters. The highest BCUT2D eigenvalue weighted by Crippen LogP contribution is 2.11. The van der Waals surface area contributed by atoms with Gasteiger partial charge < -0.3 is 4.74 Å². The van der Waals surface area contributed by atoms with E-state index in [-0.39, 0.29) is 5.97 Å². The van der Waals surface area contributed by atoms with Crippen LogP contribution in [0.5, 0.6) is 0 Å². The highest BCUT2D eigenvalue weighted by molar-refractivity contribution is 5.81. The third-order valence-corrected chi connectivity index (χ3v) is 4.32. The van der Waals surface area contributed by atoms with Crippen LogP contribution in [-0.4, -0.2) is 12.6 Å². The first kappa shape index (κ1) is 22.9. The van der Waals surface area contributed by atoms with Crippen LogP contribution in [0.15, 0.2) is 24.8 Å². The second kappa shape index (κ2) is 20.0. The van der Waals surface area contributed by atoms with Crippen LogP contribution in [0, 0.1) is 0 Å². The molecule has 0 fully saturated rings. The van der Waals surface area contributed by atoms with E-state index in [0.29, 0.717) is 6.61 Å². The summed E-state index contributed by atoms with van der Waals surface area (Å²) in [4.78, 5) is 10.8. The minimum Gasteiger partial charge on any atom is -0.463 e. The first-order valence-corrected chi connectivity index (χ1v) is 10.3. The maximum Gasteiger partial charge on any atom is 0.330 e. The van der Waals surface area contributed by atoms with Crippen molar-refractivity contribution in [2.24, 2.45) is 0 Å². The van der Waals surface area contributed by atoms with Crippen LogP contribution < -0.4 is 0 Å². The maximum absolute atomic E-state index is 10.8. The van der Waals surface area contributed by atoms with E-state index in [1.165, 1.54) is 83.1 Å². The van der Waals surface area contributed by atoms with Crippen LogP contribution in [-0.2, 0) is 9.53 Å². The summed E-state index contributed by atoms with van der Waals surface area (Å²) in [6.45, 7) is 6.17. The van der Waals surface area contributed by atoms with Gasteiger partial charge in [-0.3, -0.25) is 0 Å². The Morgan fingerprint density at radius 1 is 0.750 bits per heavy atom. The molecule has 24 heavy (non-hydrogen) atoms. The fourth-order valence-electron chi connectivity index (χ4n) is 2.76. The van der Waals surface area contributed by atoms with Gasteiger partial charge in [0.2, 0.25) is 0 Å². The normalized spacial score (nSPS) is 11.0. The Bertz CT molecular complexity index is 307. The molecule has 0 saturated heterocycles. The summed E-state index contributed by atoms with van der Waals surface area (Å²) in [5, 5.41) is 0. The van der Waals surface area contributed by atoms with Crippen LogP contribution >= 0.6 is 0 Å². The van der Waals surface area contributed by atoms with Gasteiger partial charge in [0.1, 0.15) is 0 Å². The third-order valence-electron chi connectivity index (χ3n) is 4.32. The van der Waals surface area contributed by atoms with Gasteiger partial charge in [-0.15, -0.1) is 0 Å². The number of ether oxygens (including phenoxy) is 1. The van der Waals surface area contributed by atoms with Gasteiger partial charge in [-0.1, -0.05) is 83.4 Å². The van der Waals surface area contributed by atoms with Gasteiger partial charge in [-0.2, -0.15) is 0 Å². The lowest BCUT2D eigenvalue weighted by molar-refractivity contribution is -0.137. The molecule has 0 N–H and O–H groups in total. The zero-order valence-corrected chi connectivity index (χ0v) is 16.1. The Morgan fingerprint density at radius 3 is 1.71 bits per heavy atom. The van der Waals surface area contributed by atoms with Crippen molar-refractivity contribution in [3.63, 3.8) is 0 Å². The predicted molar refractivity (Wildman–Crippen MR) is 105 cm³/mol. The number of hydrogen-bond donors (Lipinski definition) is 0. The molecule has 0 aromatic rings.